The highest BCUT2D eigenvalue weighted by Gasteiger charge is 2.08. The summed E-state index contributed by atoms with van der Waals surface area (Å²) in [7, 11) is 0. The fourth-order valence-electron chi connectivity index (χ4n) is 2.20. The maximum absolute atomic E-state index is 5.41. The van der Waals surface area contributed by atoms with Gasteiger partial charge in [0, 0.05) is 10.2 Å². The quantitative estimate of drug-likeness (QED) is 0.699. The van der Waals surface area contributed by atoms with Gasteiger partial charge in [0.15, 0.2) is 5.11 Å². The average Bonchev–Trinajstić information content (AvgIpc) is 2.45. The number of benzene rings is 2. The van der Waals surface area contributed by atoms with Crippen LogP contribution in [0.2, 0.25) is 0 Å². The third-order valence-corrected chi connectivity index (χ3v) is 4.90. The van der Waals surface area contributed by atoms with Crippen LogP contribution >= 0.6 is 28.1 Å². The Morgan fingerprint density at radius 2 is 1.73 bits per heavy atom. The number of thiocarbonyl (C=S) groups is 1. The van der Waals surface area contributed by atoms with Crippen LogP contribution in [0.5, 0.6) is 0 Å². The van der Waals surface area contributed by atoms with Crippen LogP contribution in [0.25, 0.3) is 0 Å². The molecular weight excluding hydrogens is 356 g/mol. The molecule has 0 aromatic heterocycles. The molecule has 0 fully saturated rings. The molecule has 0 spiro atoms. The molecule has 2 nitrogen and oxygen atoms in total. The zero-order valence-electron chi connectivity index (χ0n) is 13.3. The van der Waals surface area contributed by atoms with Crippen LogP contribution in [0.1, 0.15) is 35.2 Å². The first-order chi connectivity index (χ1) is 10.4. The number of hydrogen-bond acceptors (Lipinski definition) is 1. The third kappa shape index (κ3) is 4.31. The number of anilines is 1. The Labute approximate surface area is 146 Å². The van der Waals surface area contributed by atoms with E-state index in [9.17, 15) is 0 Å². The lowest BCUT2D eigenvalue weighted by Gasteiger charge is -2.18. The Balaban J connectivity index is 2.01. The van der Waals surface area contributed by atoms with Crippen molar-refractivity contribution in [3.8, 4) is 0 Å². The maximum atomic E-state index is 5.41. The van der Waals surface area contributed by atoms with Gasteiger partial charge in [0.1, 0.15) is 0 Å². The van der Waals surface area contributed by atoms with E-state index in [2.05, 4.69) is 78.5 Å². The summed E-state index contributed by atoms with van der Waals surface area (Å²) in [4.78, 5) is 0. The van der Waals surface area contributed by atoms with E-state index in [-0.39, 0.29) is 6.04 Å². The molecular formula is C18H21BrN2S. The zero-order chi connectivity index (χ0) is 16.3. The largest absolute Gasteiger partial charge is 0.356 e. The van der Waals surface area contributed by atoms with Crippen molar-refractivity contribution < 1.29 is 0 Å². The first-order valence-corrected chi connectivity index (χ1v) is 8.48. The van der Waals surface area contributed by atoms with E-state index in [1.54, 1.807) is 0 Å². The topological polar surface area (TPSA) is 24.1 Å². The Bertz CT molecular complexity index is 697. The van der Waals surface area contributed by atoms with Gasteiger partial charge >= 0.3 is 0 Å². The molecule has 116 valence electrons. The summed E-state index contributed by atoms with van der Waals surface area (Å²) in [6.07, 6.45) is 0. The molecule has 0 saturated carbocycles. The Morgan fingerprint density at radius 1 is 1.00 bits per heavy atom. The number of halogens is 1. The van der Waals surface area contributed by atoms with Crippen molar-refractivity contribution in [2.75, 3.05) is 5.32 Å². The van der Waals surface area contributed by atoms with Crippen LogP contribution in [0.15, 0.2) is 40.9 Å². The predicted molar refractivity (Wildman–Crippen MR) is 103 cm³/mol. The average molecular weight is 377 g/mol. The molecule has 0 radical (unpaired) electrons. The van der Waals surface area contributed by atoms with Crippen molar-refractivity contribution in [2.45, 2.75) is 33.7 Å². The van der Waals surface area contributed by atoms with Gasteiger partial charge in [-0.25, -0.2) is 0 Å². The second kappa shape index (κ2) is 7.25. The third-order valence-electron chi connectivity index (χ3n) is 3.79. The number of aryl methyl sites for hydroxylation is 3. The molecule has 0 aliphatic carbocycles. The van der Waals surface area contributed by atoms with E-state index in [0.29, 0.717) is 5.11 Å². The van der Waals surface area contributed by atoms with E-state index in [4.69, 9.17) is 12.2 Å². The van der Waals surface area contributed by atoms with E-state index in [1.807, 2.05) is 12.1 Å². The van der Waals surface area contributed by atoms with Gasteiger partial charge in [-0.1, -0.05) is 34.1 Å². The fourth-order valence-corrected chi connectivity index (χ4v) is 2.74. The first kappa shape index (κ1) is 17.0. The smallest absolute Gasteiger partial charge is 0.171 e. The van der Waals surface area contributed by atoms with Crippen molar-refractivity contribution in [1.29, 1.82) is 0 Å². The van der Waals surface area contributed by atoms with Crippen LogP contribution < -0.4 is 10.6 Å². The molecule has 2 aromatic rings. The molecule has 22 heavy (non-hydrogen) atoms. The Kier molecular flexibility index (Phi) is 5.59. The number of rotatable bonds is 3. The first-order valence-electron chi connectivity index (χ1n) is 7.27. The highest BCUT2D eigenvalue weighted by Crippen LogP contribution is 2.20. The van der Waals surface area contributed by atoms with Gasteiger partial charge in [0.05, 0.1) is 6.04 Å². The van der Waals surface area contributed by atoms with Crippen molar-refractivity contribution in [1.82, 2.24) is 5.32 Å². The summed E-state index contributed by atoms with van der Waals surface area (Å²) in [5.41, 5.74) is 6.01. The van der Waals surface area contributed by atoms with E-state index in [1.165, 1.54) is 22.3 Å². The van der Waals surface area contributed by atoms with Crippen molar-refractivity contribution >= 4 is 38.9 Å². The lowest BCUT2D eigenvalue weighted by molar-refractivity contribution is 0.721. The number of hydrogen-bond donors (Lipinski definition) is 2. The molecule has 2 rings (SSSR count). The fraction of sp³-hybridized carbons (Fsp3) is 0.278. The summed E-state index contributed by atoms with van der Waals surface area (Å²) >= 11 is 8.92. The molecule has 0 amide bonds. The highest BCUT2D eigenvalue weighted by molar-refractivity contribution is 9.10. The van der Waals surface area contributed by atoms with Gasteiger partial charge < -0.3 is 10.6 Å². The minimum atomic E-state index is 0.163. The molecule has 0 saturated heterocycles. The van der Waals surface area contributed by atoms with E-state index < -0.39 is 0 Å². The van der Waals surface area contributed by atoms with Crippen LogP contribution in [0.3, 0.4) is 0 Å². The zero-order valence-corrected chi connectivity index (χ0v) is 15.7. The Morgan fingerprint density at radius 3 is 2.36 bits per heavy atom. The number of nitrogens with one attached hydrogen (secondary N) is 2. The van der Waals surface area contributed by atoms with Crippen LogP contribution in [-0.2, 0) is 0 Å². The lowest BCUT2D eigenvalue weighted by Crippen LogP contribution is -2.30. The normalized spacial score (nSPS) is 11.9. The van der Waals surface area contributed by atoms with Crippen molar-refractivity contribution in [2.24, 2.45) is 0 Å². The molecule has 0 aliphatic heterocycles. The summed E-state index contributed by atoms with van der Waals surface area (Å²) in [6.45, 7) is 8.43. The van der Waals surface area contributed by atoms with Crippen LogP contribution in [0, 0.1) is 20.8 Å². The molecule has 2 aromatic carbocycles. The van der Waals surface area contributed by atoms with E-state index in [0.717, 1.165) is 10.2 Å². The van der Waals surface area contributed by atoms with E-state index >= 15 is 0 Å². The maximum Gasteiger partial charge on any atom is 0.171 e. The summed E-state index contributed by atoms with van der Waals surface area (Å²) in [5, 5.41) is 7.20. The minimum Gasteiger partial charge on any atom is -0.356 e. The molecule has 1 unspecified atom stereocenters. The lowest BCUT2D eigenvalue weighted by atomic mass is 10.0. The molecule has 0 bridgehead atoms. The van der Waals surface area contributed by atoms with Gasteiger partial charge in [0.25, 0.3) is 0 Å². The minimum absolute atomic E-state index is 0.163. The standard InChI is InChI=1S/C18H21BrN2S/c1-11-5-6-15(9-12(11)2)14(4)20-18(22)21-16-7-8-17(19)13(3)10-16/h5-10,14H,1-4H3,(H2,20,21,22). The molecule has 1 atom stereocenters. The molecule has 2 N–H and O–H groups in total. The van der Waals surface area contributed by atoms with Crippen LogP contribution in [0.4, 0.5) is 5.69 Å². The predicted octanol–water partition coefficient (Wildman–Crippen LogP) is 5.42. The van der Waals surface area contributed by atoms with Gasteiger partial charge in [-0.05, 0) is 80.4 Å². The SMILES string of the molecule is Cc1ccc(C(C)NC(=S)Nc2ccc(Br)c(C)c2)cc1C. The van der Waals surface area contributed by atoms with Gasteiger partial charge in [-0.15, -0.1) is 0 Å². The summed E-state index contributed by atoms with van der Waals surface area (Å²) in [5.74, 6) is 0. The molecule has 0 heterocycles. The van der Waals surface area contributed by atoms with Gasteiger partial charge in [0.2, 0.25) is 0 Å². The molecule has 0 aliphatic rings. The monoisotopic (exact) mass is 376 g/mol. The second-order valence-corrected chi connectivity index (χ2v) is 6.89. The van der Waals surface area contributed by atoms with Gasteiger partial charge in [-0.2, -0.15) is 0 Å². The van der Waals surface area contributed by atoms with Crippen molar-refractivity contribution in [3.05, 3.63) is 63.1 Å². The van der Waals surface area contributed by atoms with Gasteiger partial charge in [-0.3, -0.25) is 0 Å². The summed E-state index contributed by atoms with van der Waals surface area (Å²) in [6, 6.07) is 12.8. The summed E-state index contributed by atoms with van der Waals surface area (Å²) < 4.78 is 1.10. The Hall–Kier alpha value is -1.39. The highest BCUT2D eigenvalue weighted by atomic mass is 79.9. The van der Waals surface area contributed by atoms with Crippen molar-refractivity contribution in [3.63, 3.8) is 0 Å². The molecule has 4 heteroatoms. The second-order valence-electron chi connectivity index (χ2n) is 5.63. The van der Waals surface area contributed by atoms with Crippen LogP contribution in [-0.4, -0.2) is 5.11 Å².